The van der Waals surface area contributed by atoms with Gasteiger partial charge in [0.2, 0.25) is 0 Å². The van der Waals surface area contributed by atoms with Crippen LogP contribution in [0.25, 0.3) is 0 Å². The van der Waals surface area contributed by atoms with E-state index in [-0.39, 0.29) is 0 Å². The van der Waals surface area contributed by atoms with E-state index in [1.165, 1.54) is 0 Å². The summed E-state index contributed by atoms with van der Waals surface area (Å²) in [6.45, 7) is 2.38. The van der Waals surface area contributed by atoms with E-state index in [9.17, 15) is 0 Å². The molecule has 0 fully saturated rings. The van der Waals surface area contributed by atoms with Gasteiger partial charge in [-0.3, -0.25) is 0 Å². The molecule has 0 saturated heterocycles. The largest absolute Gasteiger partial charge is 0.328 e. The van der Waals surface area contributed by atoms with E-state index in [1.807, 2.05) is 31.2 Å². The first-order valence-electron chi connectivity index (χ1n) is 3.81. The van der Waals surface area contributed by atoms with Gasteiger partial charge < -0.3 is 11.5 Å². The maximum Gasteiger partial charge on any atom is 0.0505 e. The van der Waals surface area contributed by atoms with Crippen LogP contribution in [0.4, 0.5) is 0 Å². The zero-order chi connectivity index (χ0) is 9.19. The van der Waals surface area contributed by atoms with Crippen LogP contribution in [0.15, 0.2) is 28.7 Å². The van der Waals surface area contributed by atoms with Crippen molar-refractivity contribution in [1.29, 1.82) is 0 Å². The molecule has 0 aromatic heterocycles. The van der Waals surface area contributed by atoms with Crippen LogP contribution in [-0.4, -0.2) is 6.54 Å². The van der Waals surface area contributed by atoms with Crippen molar-refractivity contribution in [3.8, 4) is 0 Å². The zero-order valence-electron chi connectivity index (χ0n) is 7.05. The summed E-state index contributed by atoms with van der Waals surface area (Å²) in [5, 5.41) is 0. The summed E-state index contributed by atoms with van der Waals surface area (Å²) in [6.07, 6.45) is 0. The Balaban J connectivity index is 2.96. The predicted molar refractivity (Wildman–Crippen MR) is 54.7 cm³/mol. The first-order chi connectivity index (χ1) is 5.56. The maximum atomic E-state index is 5.95. The Bertz CT molecular complexity index is 254. The molecule has 4 N–H and O–H groups in total. The number of hydrogen-bond acceptors (Lipinski definition) is 2. The first-order valence-corrected chi connectivity index (χ1v) is 4.60. The van der Waals surface area contributed by atoms with E-state index >= 15 is 0 Å². The van der Waals surface area contributed by atoms with Gasteiger partial charge in [0.05, 0.1) is 5.54 Å². The summed E-state index contributed by atoms with van der Waals surface area (Å²) < 4.78 is 1.05. The molecule has 2 nitrogen and oxygen atoms in total. The normalized spacial score (nSPS) is 15.7. The molecule has 1 aromatic rings. The minimum atomic E-state index is -0.416. The fraction of sp³-hybridized carbons (Fsp3) is 0.333. The number of rotatable bonds is 2. The summed E-state index contributed by atoms with van der Waals surface area (Å²) in [6, 6.07) is 7.90. The first kappa shape index (κ1) is 9.71. The van der Waals surface area contributed by atoms with Gasteiger partial charge in [-0.2, -0.15) is 0 Å². The van der Waals surface area contributed by atoms with Crippen molar-refractivity contribution < 1.29 is 0 Å². The smallest absolute Gasteiger partial charge is 0.0505 e. The lowest BCUT2D eigenvalue weighted by Gasteiger charge is -2.22. The van der Waals surface area contributed by atoms with Crippen molar-refractivity contribution in [2.24, 2.45) is 11.5 Å². The molecule has 0 aliphatic carbocycles. The van der Waals surface area contributed by atoms with Gasteiger partial charge >= 0.3 is 0 Å². The molecule has 1 unspecified atom stereocenters. The molecule has 0 bridgehead atoms. The molecule has 0 heterocycles. The van der Waals surface area contributed by atoms with Crippen LogP contribution in [0, 0.1) is 0 Å². The SMILES string of the molecule is CC(N)(CN)c1ccc(Br)cc1. The Morgan fingerprint density at radius 2 is 1.83 bits per heavy atom. The monoisotopic (exact) mass is 228 g/mol. The third-order valence-corrected chi connectivity index (χ3v) is 2.46. The highest BCUT2D eigenvalue weighted by Gasteiger charge is 2.17. The number of hydrogen-bond donors (Lipinski definition) is 2. The zero-order valence-corrected chi connectivity index (χ0v) is 8.64. The Morgan fingerprint density at radius 3 is 2.25 bits per heavy atom. The summed E-state index contributed by atoms with van der Waals surface area (Å²) in [5.74, 6) is 0. The van der Waals surface area contributed by atoms with E-state index in [2.05, 4.69) is 15.9 Å². The van der Waals surface area contributed by atoms with Gasteiger partial charge in [-0.05, 0) is 24.6 Å². The lowest BCUT2D eigenvalue weighted by molar-refractivity contribution is 0.508. The fourth-order valence-corrected chi connectivity index (χ4v) is 1.21. The van der Waals surface area contributed by atoms with Gasteiger partial charge in [-0.25, -0.2) is 0 Å². The second-order valence-corrected chi connectivity index (χ2v) is 4.04. The summed E-state index contributed by atoms with van der Waals surface area (Å²) in [5.41, 5.74) is 12.1. The lowest BCUT2D eigenvalue weighted by atomic mass is 9.94. The number of benzene rings is 1. The molecule has 0 amide bonds. The molecule has 0 saturated carbocycles. The standard InChI is InChI=1S/C9H13BrN2/c1-9(12,6-11)7-2-4-8(10)5-3-7/h2-5H,6,11-12H2,1H3. The number of nitrogens with two attached hydrogens (primary N) is 2. The van der Waals surface area contributed by atoms with Crippen LogP contribution >= 0.6 is 15.9 Å². The third kappa shape index (κ3) is 2.06. The molecule has 0 aliphatic rings. The second-order valence-electron chi connectivity index (χ2n) is 3.13. The summed E-state index contributed by atoms with van der Waals surface area (Å²) in [7, 11) is 0. The molecule has 0 radical (unpaired) electrons. The Morgan fingerprint density at radius 1 is 1.33 bits per heavy atom. The van der Waals surface area contributed by atoms with Gasteiger partial charge in [-0.1, -0.05) is 28.1 Å². The molecule has 1 atom stereocenters. The molecule has 66 valence electrons. The van der Waals surface area contributed by atoms with Crippen molar-refractivity contribution in [1.82, 2.24) is 0 Å². The molecular weight excluding hydrogens is 216 g/mol. The van der Waals surface area contributed by atoms with Crippen molar-refractivity contribution >= 4 is 15.9 Å². The van der Waals surface area contributed by atoms with Crippen LogP contribution in [0.3, 0.4) is 0 Å². The fourth-order valence-electron chi connectivity index (χ4n) is 0.948. The highest BCUT2D eigenvalue weighted by atomic mass is 79.9. The highest BCUT2D eigenvalue weighted by Crippen LogP contribution is 2.18. The third-order valence-electron chi connectivity index (χ3n) is 1.93. The van der Waals surface area contributed by atoms with E-state index in [1.54, 1.807) is 0 Å². The average molecular weight is 229 g/mol. The Hall–Kier alpha value is -0.380. The molecular formula is C9H13BrN2. The van der Waals surface area contributed by atoms with Crippen molar-refractivity contribution in [3.63, 3.8) is 0 Å². The van der Waals surface area contributed by atoms with Crippen LogP contribution < -0.4 is 11.5 Å². The van der Waals surface area contributed by atoms with Gasteiger partial charge in [0, 0.05) is 11.0 Å². The second kappa shape index (κ2) is 3.56. The van der Waals surface area contributed by atoms with E-state index in [4.69, 9.17) is 11.5 Å². The van der Waals surface area contributed by atoms with Gasteiger partial charge in [0.15, 0.2) is 0 Å². The lowest BCUT2D eigenvalue weighted by Crippen LogP contribution is -2.40. The van der Waals surface area contributed by atoms with Gasteiger partial charge in [0.25, 0.3) is 0 Å². The summed E-state index contributed by atoms with van der Waals surface area (Å²) >= 11 is 3.36. The predicted octanol–water partition coefficient (Wildman–Crippen LogP) is 1.58. The number of halogens is 1. The van der Waals surface area contributed by atoms with Crippen LogP contribution in [0.2, 0.25) is 0 Å². The van der Waals surface area contributed by atoms with Crippen molar-refractivity contribution in [2.45, 2.75) is 12.5 Å². The molecule has 1 aromatic carbocycles. The van der Waals surface area contributed by atoms with Crippen LogP contribution in [0.1, 0.15) is 12.5 Å². The molecule has 0 aliphatic heterocycles. The highest BCUT2D eigenvalue weighted by molar-refractivity contribution is 9.10. The minimum Gasteiger partial charge on any atom is -0.328 e. The van der Waals surface area contributed by atoms with Gasteiger partial charge in [0.1, 0.15) is 0 Å². The van der Waals surface area contributed by atoms with E-state index < -0.39 is 5.54 Å². The Labute approximate surface area is 81.1 Å². The van der Waals surface area contributed by atoms with E-state index in [0.29, 0.717) is 6.54 Å². The maximum absolute atomic E-state index is 5.95. The van der Waals surface area contributed by atoms with Crippen molar-refractivity contribution in [3.05, 3.63) is 34.3 Å². The molecule has 0 spiro atoms. The van der Waals surface area contributed by atoms with Crippen LogP contribution in [0.5, 0.6) is 0 Å². The molecule has 1 rings (SSSR count). The average Bonchev–Trinajstić information content (AvgIpc) is 2.05. The minimum absolute atomic E-state index is 0.416. The summed E-state index contributed by atoms with van der Waals surface area (Å²) in [4.78, 5) is 0. The van der Waals surface area contributed by atoms with Gasteiger partial charge in [-0.15, -0.1) is 0 Å². The molecule has 12 heavy (non-hydrogen) atoms. The van der Waals surface area contributed by atoms with E-state index in [0.717, 1.165) is 10.0 Å². The Kier molecular flexibility index (Phi) is 2.88. The van der Waals surface area contributed by atoms with Crippen LogP contribution in [-0.2, 0) is 5.54 Å². The quantitative estimate of drug-likeness (QED) is 0.808. The molecule has 3 heteroatoms. The topological polar surface area (TPSA) is 52.0 Å². The van der Waals surface area contributed by atoms with Crippen molar-refractivity contribution in [2.75, 3.05) is 6.54 Å².